The zero-order chi connectivity index (χ0) is 29.4. The van der Waals surface area contributed by atoms with Crippen LogP contribution in [0.4, 0.5) is 5.69 Å². The van der Waals surface area contributed by atoms with E-state index in [4.69, 9.17) is 9.79 Å². The molecule has 3 rings (SSSR count). The fourth-order valence-corrected chi connectivity index (χ4v) is 5.41. The molecule has 0 spiro atoms. The van der Waals surface area contributed by atoms with Crippen LogP contribution in [0, 0.1) is 0 Å². The number of Topliss-reactive ketones (excluding diaryl/α,β-unsaturated/α-hetero) is 1. The molecule has 2 atom stereocenters. The second kappa shape index (κ2) is 13.8. The average Bonchev–Trinajstić information content (AvgIpc) is 3.04. The maximum atomic E-state index is 13.3. The summed E-state index contributed by atoms with van der Waals surface area (Å²) in [5.74, 6) is -0.748. The van der Waals surface area contributed by atoms with Gasteiger partial charge in [-0.25, -0.2) is 4.57 Å². The van der Waals surface area contributed by atoms with E-state index in [0.29, 0.717) is 29.2 Å². The number of hydrogen-bond donors (Lipinski definition) is 4. The van der Waals surface area contributed by atoms with Crippen LogP contribution in [0.15, 0.2) is 48.5 Å². The van der Waals surface area contributed by atoms with Gasteiger partial charge in [-0.3, -0.25) is 29.0 Å². The van der Waals surface area contributed by atoms with Crippen LogP contribution in [-0.2, 0) is 25.4 Å². The van der Waals surface area contributed by atoms with E-state index >= 15 is 0 Å². The van der Waals surface area contributed by atoms with Crippen molar-refractivity contribution >= 4 is 48.8 Å². The monoisotopic (exact) mass is 592 g/mol. The Bertz CT molecular complexity index is 1270. The molecule has 0 bridgehead atoms. The van der Waals surface area contributed by atoms with Gasteiger partial charge in [-0.1, -0.05) is 12.1 Å². The minimum absolute atomic E-state index is 0.0537. The second-order valence-electron chi connectivity index (χ2n) is 9.44. The lowest BCUT2D eigenvalue weighted by Crippen LogP contribution is -2.55. The molecule has 2 aromatic carbocycles. The molecule has 1 fully saturated rings. The quantitative estimate of drug-likeness (QED) is 0.220. The summed E-state index contributed by atoms with van der Waals surface area (Å²) >= 11 is 1.48. The molecule has 0 aromatic heterocycles. The predicted molar refractivity (Wildman–Crippen MR) is 151 cm³/mol. The van der Waals surface area contributed by atoms with Crippen molar-refractivity contribution in [3.8, 4) is 5.75 Å². The first kappa shape index (κ1) is 31.2. The van der Waals surface area contributed by atoms with E-state index in [1.165, 1.54) is 47.9 Å². The molecule has 14 heteroatoms. The Morgan fingerprint density at radius 2 is 1.77 bits per heavy atom. The van der Waals surface area contributed by atoms with Gasteiger partial charge in [0, 0.05) is 56.7 Å². The van der Waals surface area contributed by atoms with Crippen LogP contribution in [-0.4, -0.2) is 89.0 Å². The molecule has 0 unspecified atom stereocenters. The number of hydrogen-bond acceptors (Lipinski definition) is 8. The third-order valence-electron chi connectivity index (χ3n) is 6.04. The van der Waals surface area contributed by atoms with Crippen LogP contribution in [0.3, 0.4) is 0 Å². The van der Waals surface area contributed by atoms with Crippen LogP contribution < -0.4 is 20.1 Å². The molecule has 1 aliphatic heterocycles. The Balaban J connectivity index is 1.67. The topological polar surface area (TPSA) is 166 Å². The van der Waals surface area contributed by atoms with E-state index < -0.39 is 31.7 Å². The zero-order valence-corrected chi connectivity index (χ0v) is 24.1. The highest BCUT2D eigenvalue weighted by atomic mass is 32.2. The number of phosphoric acid groups is 1. The summed E-state index contributed by atoms with van der Waals surface area (Å²) in [7, 11) is -0.917. The van der Waals surface area contributed by atoms with E-state index in [2.05, 4.69) is 15.2 Å². The summed E-state index contributed by atoms with van der Waals surface area (Å²) in [6, 6.07) is 10.9. The summed E-state index contributed by atoms with van der Waals surface area (Å²) in [5, 5.41) is 5.31. The lowest BCUT2D eigenvalue weighted by atomic mass is 10.0. The number of benzene rings is 2. The normalized spacial score (nSPS) is 16.5. The van der Waals surface area contributed by atoms with Crippen molar-refractivity contribution in [2.24, 2.45) is 0 Å². The highest BCUT2D eigenvalue weighted by Gasteiger charge is 2.32. The molecule has 0 saturated carbocycles. The Morgan fingerprint density at radius 1 is 1.12 bits per heavy atom. The van der Waals surface area contributed by atoms with Gasteiger partial charge in [0.15, 0.2) is 5.78 Å². The number of nitrogens with zero attached hydrogens (tertiary/aromatic N) is 2. The van der Waals surface area contributed by atoms with Crippen molar-refractivity contribution in [3.63, 3.8) is 0 Å². The highest BCUT2D eigenvalue weighted by Crippen LogP contribution is 2.37. The number of phosphoric ester groups is 1. The van der Waals surface area contributed by atoms with Gasteiger partial charge >= 0.3 is 7.82 Å². The SMILES string of the molecule is CC(=O)N[C@@H](Cc1ccc(OP(=O)(O)O)cc1)C(=O)N[C@H]1CSCCN(CC(=O)c2ccc(N(C)C)cc2)C1=O. The standard InChI is InChI=1S/C26H33N4O8PS/c1-17(31)27-22(14-18-4-10-21(11-5-18)38-39(35,36)37)25(33)28-23-16-40-13-12-30(26(23)34)15-24(32)19-6-8-20(9-7-19)29(2)3/h4-11,22-23H,12-16H2,1-3H3,(H,27,31)(H,28,33)(H2,35,36,37)/t22-,23-/m0/s1. The first-order valence-corrected chi connectivity index (χ1v) is 15.1. The van der Waals surface area contributed by atoms with Crippen molar-refractivity contribution < 1.29 is 38.1 Å². The molecule has 12 nitrogen and oxygen atoms in total. The maximum absolute atomic E-state index is 13.3. The fourth-order valence-electron chi connectivity index (χ4n) is 4.03. The molecule has 40 heavy (non-hydrogen) atoms. The summed E-state index contributed by atoms with van der Waals surface area (Å²) in [6.07, 6.45) is 0.0564. The minimum atomic E-state index is -4.71. The van der Waals surface area contributed by atoms with Crippen LogP contribution in [0.5, 0.6) is 5.75 Å². The Labute approximate surface area is 236 Å². The average molecular weight is 593 g/mol. The Morgan fingerprint density at radius 3 is 2.35 bits per heavy atom. The van der Waals surface area contributed by atoms with Crippen molar-refractivity contribution in [1.82, 2.24) is 15.5 Å². The summed E-state index contributed by atoms with van der Waals surface area (Å²) < 4.78 is 15.5. The Hall–Kier alpha value is -3.38. The van der Waals surface area contributed by atoms with Crippen LogP contribution in [0.2, 0.25) is 0 Å². The van der Waals surface area contributed by atoms with Crippen molar-refractivity contribution in [3.05, 3.63) is 59.7 Å². The van der Waals surface area contributed by atoms with E-state index in [0.717, 1.165) is 5.69 Å². The number of rotatable bonds is 11. The van der Waals surface area contributed by atoms with E-state index in [1.807, 2.05) is 31.1 Å². The van der Waals surface area contributed by atoms with Gasteiger partial charge in [-0.15, -0.1) is 0 Å². The molecular formula is C26H33N4O8PS. The van der Waals surface area contributed by atoms with Gasteiger partial charge in [-0.2, -0.15) is 11.8 Å². The number of nitrogens with one attached hydrogen (secondary N) is 2. The summed E-state index contributed by atoms with van der Waals surface area (Å²) in [4.78, 5) is 72.5. The highest BCUT2D eigenvalue weighted by molar-refractivity contribution is 7.99. The first-order valence-electron chi connectivity index (χ1n) is 12.4. The number of anilines is 1. The molecule has 0 radical (unpaired) electrons. The predicted octanol–water partition coefficient (Wildman–Crippen LogP) is 1.21. The van der Waals surface area contributed by atoms with E-state index in [1.54, 1.807) is 12.1 Å². The molecule has 216 valence electrons. The van der Waals surface area contributed by atoms with Crippen molar-refractivity contribution in [2.45, 2.75) is 25.4 Å². The van der Waals surface area contributed by atoms with E-state index in [-0.39, 0.29) is 30.4 Å². The van der Waals surface area contributed by atoms with Gasteiger partial charge in [0.1, 0.15) is 17.8 Å². The molecule has 2 aromatic rings. The second-order valence-corrected chi connectivity index (χ2v) is 11.8. The fraction of sp³-hybridized carbons (Fsp3) is 0.385. The number of carbonyl (C=O) groups excluding carboxylic acids is 4. The number of thioether (sulfide) groups is 1. The molecule has 0 aliphatic carbocycles. The van der Waals surface area contributed by atoms with Crippen molar-refractivity contribution in [2.75, 3.05) is 43.6 Å². The molecule has 4 N–H and O–H groups in total. The molecular weight excluding hydrogens is 559 g/mol. The van der Waals surface area contributed by atoms with Gasteiger partial charge in [0.25, 0.3) is 0 Å². The van der Waals surface area contributed by atoms with E-state index in [9.17, 15) is 23.7 Å². The summed E-state index contributed by atoms with van der Waals surface area (Å²) in [5.41, 5.74) is 2.01. The van der Waals surface area contributed by atoms with Gasteiger partial charge in [-0.05, 0) is 42.0 Å². The smallest absolute Gasteiger partial charge is 0.404 e. The molecule has 1 aliphatic rings. The third-order valence-corrected chi connectivity index (χ3v) is 7.53. The van der Waals surface area contributed by atoms with Crippen LogP contribution >= 0.6 is 19.6 Å². The molecule has 1 heterocycles. The number of amides is 3. The van der Waals surface area contributed by atoms with Gasteiger partial charge in [0.05, 0.1) is 6.54 Å². The minimum Gasteiger partial charge on any atom is -0.404 e. The van der Waals surface area contributed by atoms with Gasteiger partial charge in [0.2, 0.25) is 17.7 Å². The zero-order valence-electron chi connectivity index (χ0n) is 22.4. The third kappa shape index (κ3) is 9.37. The lowest BCUT2D eigenvalue weighted by molar-refractivity contribution is -0.136. The van der Waals surface area contributed by atoms with Crippen molar-refractivity contribution in [1.29, 1.82) is 0 Å². The number of carbonyl (C=O) groups is 4. The number of ketones is 1. The molecule has 1 saturated heterocycles. The Kier molecular flexibility index (Phi) is 10.7. The lowest BCUT2D eigenvalue weighted by Gasteiger charge is -2.26. The summed E-state index contributed by atoms with van der Waals surface area (Å²) in [6.45, 7) is 1.50. The first-order chi connectivity index (χ1) is 18.8. The van der Waals surface area contributed by atoms with Gasteiger partial charge < -0.3 is 25.0 Å². The largest absolute Gasteiger partial charge is 0.524 e. The van der Waals surface area contributed by atoms with Crippen LogP contribution in [0.25, 0.3) is 0 Å². The maximum Gasteiger partial charge on any atom is 0.524 e. The van der Waals surface area contributed by atoms with Crippen LogP contribution in [0.1, 0.15) is 22.8 Å². The molecule has 3 amide bonds.